The van der Waals surface area contributed by atoms with Crippen LogP contribution in [0.4, 0.5) is 0 Å². The lowest BCUT2D eigenvalue weighted by Crippen LogP contribution is -2.23. The van der Waals surface area contributed by atoms with Gasteiger partial charge in [0.05, 0.1) is 5.69 Å². The normalized spacial score (nSPS) is 12.5. The third kappa shape index (κ3) is 3.95. The van der Waals surface area contributed by atoms with Gasteiger partial charge < -0.3 is 14.8 Å². The van der Waals surface area contributed by atoms with E-state index in [0.29, 0.717) is 30.8 Å². The van der Waals surface area contributed by atoms with Crippen molar-refractivity contribution < 1.29 is 14.3 Å². The van der Waals surface area contributed by atoms with Crippen molar-refractivity contribution in [1.82, 2.24) is 29.5 Å². The summed E-state index contributed by atoms with van der Waals surface area (Å²) in [5, 5.41) is 16.4. The molecule has 2 aromatic carbocycles. The highest BCUT2D eigenvalue weighted by molar-refractivity contribution is 5.78. The molecule has 0 saturated heterocycles. The highest BCUT2D eigenvalue weighted by atomic mass is 16.7. The van der Waals surface area contributed by atoms with E-state index in [-0.39, 0.29) is 12.7 Å². The number of hydrogen-bond donors (Lipinski definition) is 1. The maximum Gasteiger partial charge on any atom is 0.231 e. The number of aromatic nitrogens is 5. The topological polar surface area (TPSA) is 95.0 Å². The highest BCUT2D eigenvalue weighted by Crippen LogP contribution is 2.32. The maximum absolute atomic E-state index is 12.5. The molecule has 6 rings (SSSR count). The van der Waals surface area contributed by atoms with Crippen molar-refractivity contribution in [3.8, 4) is 22.8 Å². The van der Waals surface area contributed by atoms with E-state index in [0.717, 1.165) is 33.9 Å². The zero-order valence-corrected chi connectivity index (χ0v) is 19.5. The Morgan fingerprint density at radius 2 is 1.91 bits per heavy atom. The van der Waals surface area contributed by atoms with Crippen molar-refractivity contribution in [1.29, 1.82) is 0 Å². The summed E-state index contributed by atoms with van der Waals surface area (Å²) in [6, 6.07) is 14.1. The van der Waals surface area contributed by atoms with Gasteiger partial charge in [0.15, 0.2) is 17.1 Å². The summed E-state index contributed by atoms with van der Waals surface area (Å²) in [6.45, 7) is 4.82. The summed E-state index contributed by atoms with van der Waals surface area (Å²) in [5.41, 5.74) is 6.90. The van der Waals surface area contributed by atoms with Gasteiger partial charge >= 0.3 is 0 Å². The maximum atomic E-state index is 12.5. The summed E-state index contributed by atoms with van der Waals surface area (Å²) in [4.78, 5) is 12.5. The molecule has 1 N–H and O–H groups in total. The van der Waals surface area contributed by atoms with Gasteiger partial charge in [0.1, 0.15) is 11.3 Å². The number of benzene rings is 2. The van der Waals surface area contributed by atoms with Crippen molar-refractivity contribution in [2.24, 2.45) is 0 Å². The Morgan fingerprint density at radius 3 is 2.83 bits per heavy atom. The summed E-state index contributed by atoms with van der Waals surface area (Å²) in [7, 11) is 0. The van der Waals surface area contributed by atoms with Crippen molar-refractivity contribution >= 4 is 17.1 Å². The van der Waals surface area contributed by atoms with Crippen LogP contribution >= 0.6 is 0 Å². The lowest BCUT2D eigenvalue weighted by atomic mass is 10.0. The molecule has 5 aromatic rings. The van der Waals surface area contributed by atoms with Crippen LogP contribution in [-0.2, 0) is 17.8 Å². The first-order valence-electron chi connectivity index (χ1n) is 11.5. The molecular formula is C26H24N6O3. The molecule has 0 aliphatic carbocycles. The molecule has 0 radical (unpaired) electrons. The monoisotopic (exact) mass is 468 g/mol. The Labute approximate surface area is 201 Å². The van der Waals surface area contributed by atoms with Crippen LogP contribution in [-0.4, -0.2) is 36.9 Å². The third-order valence-electron chi connectivity index (χ3n) is 6.26. The zero-order chi connectivity index (χ0) is 23.9. The molecule has 0 atom stereocenters. The van der Waals surface area contributed by atoms with E-state index in [4.69, 9.17) is 14.6 Å². The van der Waals surface area contributed by atoms with Gasteiger partial charge in [-0.25, -0.2) is 4.52 Å². The Balaban J connectivity index is 1.17. The number of carbonyl (C=O) groups excluding carboxylic acids is 1. The molecule has 176 valence electrons. The van der Waals surface area contributed by atoms with Crippen LogP contribution < -0.4 is 14.8 Å². The molecule has 35 heavy (non-hydrogen) atoms. The highest BCUT2D eigenvalue weighted by Gasteiger charge is 2.16. The predicted octanol–water partition coefficient (Wildman–Crippen LogP) is 3.64. The summed E-state index contributed by atoms with van der Waals surface area (Å²) < 4.78 is 14.5. The molecule has 0 unspecified atom stereocenters. The largest absolute Gasteiger partial charge is 0.454 e. The van der Waals surface area contributed by atoms with E-state index in [1.807, 2.05) is 45.6 Å². The summed E-state index contributed by atoms with van der Waals surface area (Å²) in [5.74, 6) is 2.11. The summed E-state index contributed by atoms with van der Waals surface area (Å²) >= 11 is 0. The first-order chi connectivity index (χ1) is 17.0. The molecule has 9 heteroatoms. The fourth-order valence-corrected chi connectivity index (χ4v) is 4.34. The van der Waals surface area contributed by atoms with E-state index in [1.54, 1.807) is 0 Å². The van der Waals surface area contributed by atoms with Crippen LogP contribution in [0.2, 0.25) is 0 Å². The van der Waals surface area contributed by atoms with E-state index < -0.39 is 0 Å². The van der Waals surface area contributed by atoms with Crippen molar-refractivity contribution in [2.75, 3.05) is 6.79 Å². The molecule has 4 heterocycles. The van der Waals surface area contributed by atoms with Gasteiger partial charge in [-0.05, 0) is 49.2 Å². The lowest BCUT2D eigenvalue weighted by molar-refractivity contribution is -0.121. The van der Waals surface area contributed by atoms with Crippen LogP contribution in [0.3, 0.4) is 0 Å². The summed E-state index contributed by atoms with van der Waals surface area (Å²) in [6.07, 6.45) is 4.57. The molecule has 9 nitrogen and oxygen atoms in total. The number of fused-ring (bicyclic) bond motifs is 4. The van der Waals surface area contributed by atoms with Gasteiger partial charge in [0.2, 0.25) is 12.7 Å². The second-order valence-electron chi connectivity index (χ2n) is 8.75. The standard InChI is InChI=1S/C26H24N6O3/c1-16-3-4-17(2)19(11-16)20-13-21-26-29-28-24(31(26)9-10-32(21)30-20)7-8-25(33)27-14-18-5-6-22-23(12-18)35-15-34-22/h3-6,9-13H,7-8,14-15H2,1-2H3,(H,27,33). The van der Waals surface area contributed by atoms with Gasteiger partial charge in [-0.2, -0.15) is 5.10 Å². The van der Waals surface area contributed by atoms with Gasteiger partial charge in [0.25, 0.3) is 0 Å². The van der Waals surface area contributed by atoms with Gasteiger partial charge in [-0.1, -0.05) is 23.8 Å². The Hall–Kier alpha value is -4.40. The number of ether oxygens (including phenoxy) is 2. The van der Waals surface area contributed by atoms with Gasteiger partial charge in [0, 0.05) is 37.3 Å². The van der Waals surface area contributed by atoms with E-state index in [2.05, 4.69) is 47.6 Å². The molecular weight excluding hydrogens is 444 g/mol. The number of hydrogen-bond acceptors (Lipinski definition) is 6. The second kappa shape index (κ2) is 8.43. The number of rotatable bonds is 6. The third-order valence-corrected chi connectivity index (χ3v) is 6.26. The quantitative estimate of drug-likeness (QED) is 0.409. The minimum absolute atomic E-state index is 0.0537. The van der Waals surface area contributed by atoms with E-state index in [9.17, 15) is 4.79 Å². The number of nitrogens with one attached hydrogen (secondary N) is 1. The Morgan fingerprint density at radius 1 is 1.03 bits per heavy atom. The first-order valence-corrected chi connectivity index (χ1v) is 11.5. The van der Waals surface area contributed by atoms with E-state index >= 15 is 0 Å². The Bertz CT molecular complexity index is 1590. The van der Waals surface area contributed by atoms with Gasteiger partial charge in [-0.15, -0.1) is 10.2 Å². The van der Waals surface area contributed by atoms with Crippen LogP contribution in [0.15, 0.2) is 54.9 Å². The SMILES string of the molecule is Cc1ccc(C)c(-c2cc3c4nnc(CCC(=O)NCc5ccc6c(c5)OCO6)n4ccn3n2)c1. The van der Waals surface area contributed by atoms with Crippen LogP contribution in [0.25, 0.3) is 22.4 Å². The minimum atomic E-state index is -0.0537. The lowest BCUT2D eigenvalue weighted by Gasteiger charge is -2.06. The molecule has 0 saturated carbocycles. The van der Waals surface area contributed by atoms with Crippen LogP contribution in [0, 0.1) is 13.8 Å². The predicted molar refractivity (Wildman–Crippen MR) is 129 cm³/mol. The fourth-order valence-electron chi connectivity index (χ4n) is 4.34. The van der Waals surface area contributed by atoms with Crippen molar-refractivity contribution in [3.05, 3.63) is 77.4 Å². The number of carbonyl (C=O) groups is 1. The van der Waals surface area contributed by atoms with Crippen LogP contribution in [0.5, 0.6) is 11.5 Å². The molecule has 1 amide bonds. The minimum Gasteiger partial charge on any atom is -0.454 e. The second-order valence-corrected chi connectivity index (χ2v) is 8.75. The average Bonchev–Trinajstić information content (AvgIpc) is 3.59. The molecule has 0 fully saturated rings. The number of nitrogens with zero attached hydrogens (tertiary/aromatic N) is 5. The molecule has 0 bridgehead atoms. The molecule has 3 aromatic heterocycles. The fraction of sp³-hybridized carbons (Fsp3) is 0.231. The number of amides is 1. The Kier molecular flexibility index (Phi) is 5.09. The van der Waals surface area contributed by atoms with Crippen LogP contribution in [0.1, 0.15) is 28.9 Å². The smallest absolute Gasteiger partial charge is 0.231 e. The van der Waals surface area contributed by atoms with Crippen molar-refractivity contribution in [2.45, 2.75) is 33.2 Å². The molecule has 1 aliphatic heterocycles. The zero-order valence-electron chi connectivity index (χ0n) is 19.5. The number of aryl methyl sites for hydroxylation is 3. The molecule has 0 spiro atoms. The first kappa shape index (κ1) is 21.2. The van der Waals surface area contributed by atoms with E-state index in [1.165, 1.54) is 11.1 Å². The molecule has 1 aliphatic rings. The van der Waals surface area contributed by atoms with Crippen molar-refractivity contribution in [3.63, 3.8) is 0 Å². The average molecular weight is 469 g/mol. The van der Waals surface area contributed by atoms with Gasteiger partial charge in [-0.3, -0.25) is 9.20 Å².